The molecule has 0 atom stereocenters. The van der Waals surface area contributed by atoms with Crippen molar-refractivity contribution < 1.29 is 0 Å². The van der Waals surface area contributed by atoms with Crippen LogP contribution in [0.5, 0.6) is 0 Å². The van der Waals surface area contributed by atoms with Crippen molar-refractivity contribution in [2.24, 2.45) is 0 Å². The fourth-order valence-corrected chi connectivity index (χ4v) is 2.14. The average Bonchev–Trinajstić information content (AvgIpc) is 2.91. The molecule has 0 unspecified atom stereocenters. The number of hydrogen-bond acceptors (Lipinski definition) is 2. The monoisotopic (exact) mass is 233 g/mol. The first-order valence-electron chi connectivity index (χ1n) is 5.74. The van der Waals surface area contributed by atoms with E-state index in [1.54, 1.807) is 6.20 Å². The van der Waals surface area contributed by atoms with Gasteiger partial charge in [-0.3, -0.25) is 0 Å². The third kappa shape index (κ3) is 1.85. The lowest BCUT2D eigenvalue weighted by Gasteiger charge is -2.07. The first-order chi connectivity index (χ1) is 8.86. The zero-order valence-corrected chi connectivity index (χ0v) is 9.74. The third-order valence-corrected chi connectivity index (χ3v) is 3.01. The van der Waals surface area contributed by atoms with E-state index in [1.165, 1.54) is 10.9 Å². The van der Waals surface area contributed by atoms with Crippen molar-refractivity contribution in [1.82, 2.24) is 9.55 Å². The Hall–Kier alpha value is -2.60. The molecule has 3 heteroatoms. The number of imidazole rings is 1. The number of fused-ring (bicyclic) bond motifs is 1. The third-order valence-electron chi connectivity index (χ3n) is 3.01. The Labute approximate surface area is 105 Å². The van der Waals surface area contributed by atoms with Crippen LogP contribution in [0.2, 0.25) is 0 Å². The molecule has 3 rings (SSSR count). The molecule has 0 bridgehead atoms. The summed E-state index contributed by atoms with van der Waals surface area (Å²) in [6, 6.07) is 14.1. The summed E-state index contributed by atoms with van der Waals surface area (Å²) in [5.74, 6) is 0. The van der Waals surface area contributed by atoms with Gasteiger partial charge in [0.05, 0.1) is 18.0 Å². The van der Waals surface area contributed by atoms with Gasteiger partial charge in [0.2, 0.25) is 0 Å². The zero-order chi connectivity index (χ0) is 12.4. The van der Waals surface area contributed by atoms with Crippen molar-refractivity contribution >= 4 is 10.8 Å². The van der Waals surface area contributed by atoms with Crippen LogP contribution in [-0.2, 0) is 6.54 Å². The van der Waals surface area contributed by atoms with Gasteiger partial charge < -0.3 is 4.57 Å². The summed E-state index contributed by atoms with van der Waals surface area (Å²) in [5, 5.41) is 11.2. The van der Waals surface area contributed by atoms with E-state index >= 15 is 0 Å². The highest BCUT2D eigenvalue weighted by molar-refractivity contribution is 5.86. The minimum absolute atomic E-state index is 0.697. The molecule has 0 aliphatic carbocycles. The number of benzene rings is 2. The topological polar surface area (TPSA) is 41.6 Å². The van der Waals surface area contributed by atoms with Crippen LogP contribution in [0.25, 0.3) is 10.8 Å². The quantitative estimate of drug-likeness (QED) is 0.682. The van der Waals surface area contributed by atoms with Crippen LogP contribution in [0, 0.1) is 11.3 Å². The highest BCUT2D eigenvalue weighted by Gasteiger charge is 2.02. The first-order valence-corrected chi connectivity index (χ1v) is 5.74. The molecule has 0 spiro atoms. The number of rotatable bonds is 2. The van der Waals surface area contributed by atoms with Crippen LogP contribution in [-0.4, -0.2) is 9.55 Å². The molecule has 86 valence electrons. The second-order valence-electron chi connectivity index (χ2n) is 4.20. The number of nitrogens with zero attached hydrogens (tertiary/aromatic N) is 3. The van der Waals surface area contributed by atoms with E-state index in [0.717, 1.165) is 11.9 Å². The minimum Gasteiger partial charge on any atom is -0.333 e. The summed E-state index contributed by atoms with van der Waals surface area (Å²) >= 11 is 0. The van der Waals surface area contributed by atoms with E-state index in [-0.39, 0.29) is 0 Å². The van der Waals surface area contributed by atoms with E-state index in [1.807, 2.05) is 47.4 Å². The predicted molar refractivity (Wildman–Crippen MR) is 70.0 cm³/mol. The average molecular weight is 233 g/mol. The van der Waals surface area contributed by atoms with Crippen molar-refractivity contribution in [1.29, 1.82) is 5.26 Å². The maximum Gasteiger partial charge on any atom is 0.0991 e. The fourth-order valence-electron chi connectivity index (χ4n) is 2.14. The van der Waals surface area contributed by atoms with Gasteiger partial charge >= 0.3 is 0 Å². The Kier molecular flexibility index (Phi) is 2.54. The zero-order valence-electron chi connectivity index (χ0n) is 9.74. The van der Waals surface area contributed by atoms with Gasteiger partial charge in [-0.05, 0) is 28.5 Å². The second-order valence-corrected chi connectivity index (χ2v) is 4.20. The SMILES string of the molecule is N#Cc1ccc2c(Cn3ccnc3)cccc2c1. The molecule has 0 amide bonds. The van der Waals surface area contributed by atoms with Gasteiger partial charge in [0.25, 0.3) is 0 Å². The highest BCUT2D eigenvalue weighted by Crippen LogP contribution is 2.21. The van der Waals surface area contributed by atoms with Gasteiger partial charge in [0, 0.05) is 18.9 Å². The molecule has 18 heavy (non-hydrogen) atoms. The van der Waals surface area contributed by atoms with Gasteiger partial charge in [-0.1, -0.05) is 24.3 Å². The van der Waals surface area contributed by atoms with Crippen LogP contribution in [0.4, 0.5) is 0 Å². The fraction of sp³-hybridized carbons (Fsp3) is 0.0667. The molecule has 1 heterocycles. The molecule has 0 aliphatic rings. The van der Waals surface area contributed by atoms with Crippen LogP contribution >= 0.6 is 0 Å². The molecular formula is C15H11N3. The number of nitriles is 1. The van der Waals surface area contributed by atoms with Crippen molar-refractivity contribution in [3.63, 3.8) is 0 Å². The summed E-state index contributed by atoms with van der Waals surface area (Å²) in [6.45, 7) is 0.795. The van der Waals surface area contributed by atoms with Crippen LogP contribution in [0.1, 0.15) is 11.1 Å². The van der Waals surface area contributed by atoms with Crippen molar-refractivity contribution in [2.75, 3.05) is 0 Å². The number of hydrogen-bond donors (Lipinski definition) is 0. The molecule has 0 radical (unpaired) electrons. The largest absolute Gasteiger partial charge is 0.333 e. The summed E-state index contributed by atoms with van der Waals surface area (Å²) < 4.78 is 2.03. The Morgan fingerprint density at radius 2 is 2.17 bits per heavy atom. The summed E-state index contributed by atoms with van der Waals surface area (Å²) in [4.78, 5) is 4.05. The van der Waals surface area contributed by atoms with Gasteiger partial charge in [-0.25, -0.2) is 4.98 Å². The number of aromatic nitrogens is 2. The molecule has 0 fully saturated rings. The van der Waals surface area contributed by atoms with E-state index < -0.39 is 0 Å². The molecule has 0 saturated carbocycles. The van der Waals surface area contributed by atoms with Gasteiger partial charge in [-0.15, -0.1) is 0 Å². The van der Waals surface area contributed by atoms with Crippen LogP contribution in [0.3, 0.4) is 0 Å². The van der Waals surface area contributed by atoms with Crippen molar-refractivity contribution in [3.05, 3.63) is 66.2 Å². The van der Waals surface area contributed by atoms with Crippen molar-refractivity contribution in [3.8, 4) is 6.07 Å². The lowest BCUT2D eigenvalue weighted by molar-refractivity contribution is 0.803. The molecule has 0 saturated heterocycles. The first kappa shape index (κ1) is 10.5. The smallest absolute Gasteiger partial charge is 0.0991 e. The standard InChI is InChI=1S/C15H11N3/c16-9-12-4-5-15-13(8-12)2-1-3-14(15)10-18-7-6-17-11-18/h1-8,11H,10H2. The molecule has 2 aromatic carbocycles. The van der Waals surface area contributed by atoms with Gasteiger partial charge in [0.15, 0.2) is 0 Å². The predicted octanol–water partition coefficient (Wildman–Crippen LogP) is 2.96. The lowest BCUT2D eigenvalue weighted by Crippen LogP contribution is -1.97. The summed E-state index contributed by atoms with van der Waals surface area (Å²) in [5.41, 5.74) is 1.93. The van der Waals surface area contributed by atoms with Crippen molar-refractivity contribution in [2.45, 2.75) is 6.54 Å². The van der Waals surface area contributed by atoms with E-state index in [9.17, 15) is 0 Å². The van der Waals surface area contributed by atoms with Crippen LogP contribution in [0.15, 0.2) is 55.1 Å². The van der Waals surface area contributed by atoms with E-state index in [0.29, 0.717) is 5.56 Å². The molecule has 0 N–H and O–H groups in total. The van der Waals surface area contributed by atoms with Gasteiger partial charge in [0.1, 0.15) is 0 Å². The Bertz CT molecular complexity index is 721. The molecule has 1 aromatic heterocycles. The second kappa shape index (κ2) is 4.34. The van der Waals surface area contributed by atoms with Gasteiger partial charge in [-0.2, -0.15) is 5.26 Å². The lowest BCUT2D eigenvalue weighted by atomic mass is 10.0. The van der Waals surface area contributed by atoms with E-state index in [4.69, 9.17) is 5.26 Å². The molecule has 3 aromatic rings. The maximum absolute atomic E-state index is 8.91. The summed E-state index contributed by atoms with van der Waals surface area (Å²) in [7, 11) is 0. The maximum atomic E-state index is 8.91. The summed E-state index contributed by atoms with van der Waals surface area (Å²) in [6.07, 6.45) is 5.53. The minimum atomic E-state index is 0.697. The highest BCUT2D eigenvalue weighted by atomic mass is 15.0. The molecule has 0 aliphatic heterocycles. The Morgan fingerprint density at radius 3 is 2.94 bits per heavy atom. The Morgan fingerprint density at radius 1 is 1.22 bits per heavy atom. The van der Waals surface area contributed by atoms with E-state index in [2.05, 4.69) is 17.1 Å². The molecule has 3 nitrogen and oxygen atoms in total. The van der Waals surface area contributed by atoms with Crippen LogP contribution < -0.4 is 0 Å². The Balaban J connectivity index is 2.10. The normalized spacial score (nSPS) is 10.4. The molecular weight excluding hydrogens is 222 g/mol.